The van der Waals surface area contributed by atoms with Crippen molar-refractivity contribution in [3.63, 3.8) is 0 Å². The van der Waals surface area contributed by atoms with Gasteiger partial charge >= 0.3 is 0 Å². The van der Waals surface area contributed by atoms with E-state index >= 15 is 0 Å². The quantitative estimate of drug-likeness (QED) is 0.703. The van der Waals surface area contributed by atoms with Crippen LogP contribution in [0.15, 0.2) is 47.8 Å². The molecule has 2 aromatic heterocycles. The van der Waals surface area contributed by atoms with Gasteiger partial charge in [-0.05, 0) is 44.0 Å². The third-order valence-electron chi connectivity index (χ3n) is 5.01. The predicted octanol–water partition coefficient (Wildman–Crippen LogP) is 1.40. The van der Waals surface area contributed by atoms with Crippen molar-refractivity contribution in [2.24, 2.45) is 5.92 Å². The second-order valence-electron chi connectivity index (χ2n) is 6.67. The highest BCUT2D eigenvalue weighted by atomic mass is 16.1. The summed E-state index contributed by atoms with van der Waals surface area (Å²) in [6, 6.07) is 7.54. The van der Waals surface area contributed by atoms with E-state index in [2.05, 4.69) is 20.2 Å². The number of piperidine rings is 1. The number of hydrogen-bond acceptors (Lipinski definition) is 5. The SMILES string of the molecule is O=c1c2ccccc2ncn1CC1CCN(CCn2ccnn2)CC1. The molecular formula is C18H22N6O. The average Bonchev–Trinajstić information content (AvgIpc) is 3.17. The van der Waals surface area contributed by atoms with Gasteiger partial charge in [0.05, 0.1) is 30.0 Å². The maximum absolute atomic E-state index is 12.6. The van der Waals surface area contributed by atoms with Crippen molar-refractivity contribution >= 4 is 10.9 Å². The molecule has 0 N–H and O–H groups in total. The summed E-state index contributed by atoms with van der Waals surface area (Å²) in [5.41, 5.74) is 0.839. The molecule has 4 rings (SSSR count). The van der Waals surface area contributed by atoms with E-state index in [1.807, 2.05) is 35.1 Å². The number of rotatable bonds is 5. The van der Waals surface area contributed by atoms with Crippen LogP contribution in [-0.4, -0.2) is 49.1 Å². The topological polar surface area (TPSA) is 68.8 Å². The van der Waals surface area contributed by atoms with Crippen molar-refractivity contribution in [1.82, 2.24) is 29.4 Å². The molecule has 3 heterocycles. The van der Waals surface area contributed by atoms with Gasteiger partial charge in [-0.1, -0.05) is 17.3 Å². The fraction of sp³-hybridized carbons (Fsp3) is 0.444. The largest absolute Gasteiger partial charge is 0.301 e. The van der Waals surface area contributed by atoms with Crippen LogP contribution in [0.3, 0.4) is 0 Å². The molecule has 0 aliphatic carbocycles. The highest BCUT2D eigenvalue weighted by molar-refractivity contribution is 5.76. The van der Waals surface area contributed by atoms with Crippen LogP contribution in [0.2, 0.25) is 0 Å². The van der Waals surface area contributed by atoms with Crippen LogP contribution in [0.1, 0.15) is 12.8 Å². The first-order valence-corrected chi connectivity index (χ1v) is 8.80. The molecule has 0 radical (unpaired) electrons. The molecule has 7 nitrogen and oxygen atoms in total. The molecule has 0 atom stereocenters. The zero-order chi connectivity index (χ0) is 17.1. The number of hydrogen-bond donors (Lipinski definition) is 0. The number of para-hydroxylation sites is 1. The lowest BCUT2D eigenvalue weighted by Crippen LogP contribution is -2.38. The van der Waals surface area contributed by atoms with Crippen LogP contribution in [0.25, 0.3) is 10.9 Å². The Morgan fingerprint density at radius 3 is 2.76 bits per heavy atom. The van der Waals surface area contributed by atoms with Crippen LogP contribution in [0.5, 0.6) is 0 Å². The van der Waals surface area contributed by atoms with E-state index in [0.717, 1.165) is 51.1 Å². The van der Waals surface area contributed by atoms with Crippen molar-refractivity contribution in [1.29, 1.82) is 0 Å². The highest BCUT2D eigenvalue weighted by Gasteiger charge is 2.20. The van der Waals surface area contributed by atoms with Gasteiger partial charge in [0.25, 0.3) is 5.56 Å². The Morgan fingerprint density at radius 2 is 1.96 bits per heavy atom. The average molecular weight is 338 g/mol. The molecule has 1 aliphatic rings. The number of fused-ring (bicyclic) bond motifs is 1. The highest BCUT2D eigenvalue weighted by Crippen LogP contribution is 2.18. The van der Waals surface area contributed by atoms with Crippen molar-refractivity contribution in [2.45, 2.75) is 25.9 Å². The molecule has 1 fully saturated rings. The normalized spacial score (nSPS) is 16.5. The van der Waals surface area contributed by atoms with Gasteiger partial charge in [0.15, 0.2) is 0 Å². The number of nitrogens with zero attached hydrogens (tertiary/aromatic N) is 6. The third-order valence-corrected chi connectivity index (χ3v) is 5.01. The molecule has 0 unspecified atom stereocenters. The number of likely N-dealkylation sites (tertiary alicyclic amines) is 1. The zero-order valence-corrected chi connectivity index (χ0v) is 14.2. The first kappa shape index (κ1) is 16.0. The fourth-order valence-electron chi connectivity index (χ4n) is 3.50. The standard InChI is InChI=1S/C18H22N6O/c25-18-16-3-1-2-4-17(16)19-14-23(18)13-15-5-8-22(9-6-15)11-12-24-10-7-20-21-24/h1-4,7,10,14-15H,5-6,8-9,11-13H2. The molecule has 1 saturated heterocycles. The Morgan fingerprint density at radius 1 is 1.12 bits per heavy atom. The van der Waals surface area contributed by atoms with E-state index in [9.17, 15) is 4.79 Å². The van der Waals surface area contributed by atoms with Crippen LogP contribution in [-0.2, 0) is 13.1 Å². The van der Waals surface area contributed by atoms with Crippen molar-refractivity contribution in [3.8, 4) is 0 Å². The molecule has 25 heavy (non-hydrogen) atoms. The summed E-state index contributed by atoms with van der Waals surface area (Å²) < 4.78 is 3.64. The minimum Gasteiger partial charge on any atom is -0.301 e. The fourth-order valence-corrected chi connectivity index (χ4v) is 3.50. The molecule has 0 amide bonds. The van der Waals surface area contributed by atoms with E-state index in [0.29, 0.717) is 11.3 Å². The van der Waals surface area contributed by atoms with Gasteiger partial charge in [0.1, 0.15) is 0 Å². The Kier molecular flexibility index (Phi) is 4.56. The van der Waals surface area contributed by atoms with E-state index in [1.165, 1.54) is 0 Å². The summed E-state index contributed by atoms with van der Waals surface area (Å²) in [7, 11) is 0. The zero-order valence-electron chi connectivity index (χ0n) is 14.2. The molecule has 0 spiro atoms. The van der Waals surface area contributed by atoms with Gasteiger partial charge in [-0.25, -0.2) is 4.98 Å². The molecular weight excluding hydrogens is 316 g/mol. The molecule has 7 heteroatoms. The lowest BCUT2D eigenvalue weighted by atomic mass is 9.96. The Balaban J connectivity index is 1.34. The number of aromatic nitrogens is 5. The van der Waals surface area contributed by atoms with Crippen molar-refractivity contribution < 1.29 is 0 Å². The lowest BCUT2D eigenvalue weighted by Gasteiger charge is -2.32. The first-order valence-electron chi connectivity index (χ1n) is 8.80. The minimum absolute atomic E-state index is 0.0687. The maximum atomic E-state index is 12.6. The molecule has 1 aromatic carbocycles. The third kappa shape index (κ3) is 3.61. The van der Waals surface area contributed by atoms with Gasteiger partial charge in [0, 0.05) is 19.3 Å². The van der Waals surface area contributed by atoms with Crippen molar-refractivity contribution in [3.05, 3.63) is 53.3 Å². The molecule has 3 aromatic rings. The summed E-state index contributed by atoms with van der Waals surface area (Å²) in [4.78, 5) is 19.5. The number of benzene rings is 1. The lowest BCUT2D eigenvalue weighted by molar-refractivity contribution is 0.166. The second-order valence-corrected chi connectivity index (χ2v) is 6.67. The molecule has 130 valence electrons. The smallest absolute Gasteiger partial charge is 0.261 e. The van der Waals surface area contributed by atoms with E-state index in [1.54, 1.807) is 17.1 Å². The molecule has 1 aliphatic heterocycles. The maximum Gasteiger partial charge on any atom is 0.261 e. The van der Waals surface area contributed by atoms with Crippen LogP contribution >= 0.6 is 0 Å². The molecule has 0 bridgehead atoms. The van der Waals surface area contributed by atoms with E-state index < -0.39 is 0 Å². The van der Waals surface area contributed by atoms with Gasteiger partial charge in [-0.15, -0.1) is 5.10 Å². The molecule has 0 saturated carbocycles. The first-order chi connectivity index (χ1) is 12.3. The summed E-state index contributed by atoms with van der Waals surface area (Å²) in [5, 5.41) is 8.54. The summed E-state index contributed by atoms with van der Waals surface area (Å²) in [6.45, 7) is 4.75. The van der Waals surface area contributed by atoms with Gasteiger partial charge in [-0.2, -0.15) is 0 Å². The van der Waals surface area contributed by atoms with Crippen molar-refractivity contribution in [2.75, 3.05) is 19.6 Å². The Labute approximate surface area is 145 Å². The van der Waals surface area contributed by atoms with Crippen LogP contribution in [0.4, 0.5) is 0 Å². The second kappa shape index (κ2) is 7.14. The van der Waals surface area contributed by atoms with Gasteiger partial charge in [0.2, 0.25) is 0 Å². The van der Waals surface area contributed by atoms with E-state index in [-0.39, 0.29) is 5.56 Å². The monoisotopic (exact) mass is 338 g/mol. The Bertz CT molecular complexity index is 880. The summed E-state index contributed by atoms with van der Waals surface area (Å²) >= 11 is 0. The van der Waals surface area contributed by atoms with Crippen LogP contribution < -0.4 is 5.56 Å². The minimum atomic E-state index is 0.0687. The van der Waals surface area contributed by atoms with Gasteiger partial charge in [-0.3, -0.25) is 14.0 Å². The summed E-state index contributed by atoms with van der Waals surface area (Å²) in [6.07, 6.45) is 7.52. The van der Waals surface area contributed by atoms with Gasteiger partial charge < -0.3 is 4.90 Å². The van der Waals surface area contributed by atoms with E-state index in [4.69, 9.17) is 0 Å². The Hall–Kier alpha value is -2.54. The van der Waals surface area contributed by atoms with Crippen LogP contribution in [0, 0.1) is 5.92 Å². The predicted molar refractivity (Wildman–Crippen MR) is 95.2 cm³/mol. The summed E-state index contributed by atoms with van der Waals surface area (Å²) in [5.74, 6) is 0.531.